The highest BCUT2D eigenvalue weighted by Gasteiger charge is 2.20. The van der Waals surface area contributed by atoms with Gasteiger partial charge in [0.25, 0.3) is 0 Å². The number of carbonyl (C=O) groups is 1. The van der Waals surface area contributed by atoms with E-state index in [2.05, 4.69) is 92.1 Å². The number of allylic oxidation sites excluding steroid dienone is 12. The molecule has 0 rings (SSSR count). The Morgan fingerprint density at radius 1 is 0.439 bits per heavy atom. The van der Waals surface area contributed by atoms with Crippen LogP contribution in [0.25, 0.3) is 0 Å². The number of amides is 1. The summed E-state index contributed by atoms with van der Waals surface area (Å²) >= 11 is 0. The Morgan fingerprint density at radius 3 is 1.16 bits per heavy atom. The normalized spacial score (nSPS) is 13.5. The van der Waals surface area contributed by atoms with E-state index < -0.39 is 12.1 Å². The summed E-state index contributed by atoms with van der Waals surface area (Å²) < 4.78 is 0. The summed E-state index contributed by atoms with van der Waals surface area (Å²) in [6, 6.07) is -0.534. The highest BCUT2D eigenvalue weighted by atomic mass is 16.3. The molecule has 0 bridgehead atoms. The van der Waals surface area contributed by atoms with Gasteiger partial charge in [-0.3, -0.25) is 4.79 Å². The molecule has 4 heteroatoms. The lowest BCUT2D eigenvalue weighted by atomic mass is 10.0. The Hall–Kier alpha value is -2.17. The van der Waals surface area contributed by atoms with Gasteiger partial charge in [0.1, 0.15) is 0 Å². The topological polar surface area (TPSA) is 69.6 Å². The molecule has 0 aliphatic carbocycles. The molecule has 2 unspecified atom stereocenters. The average Bonchev–Trinajstić information content (AvgIpc) is 3.22. The lowest BCUT2D eigenvalue weighted by Gasteiger charge is -2.22. The smallest absolute Gasteiger partial charge is 0.220 e. The van der Waals surface area contributed by atoms with Crippen molar-refractivity contribution in [2.24, 2.45) is 0 Å². The van der Waals surface area contributed by atoms with Gasteiger partial charge in [0.2, 0.25) is 5.91 Å². The Bertz CT molecular complexity index is 992. The molecule has 0 saturated heterocycles. The van der Waals surface area contributed by atoms with Gasteiger partial charge < -0.3 is 15.5 Å². The first-order chi connectivity index (χ1) is 28.2. The molecule has 0 radical (unpaired) electrons. The molecule has 0 spiro atoms. The summed E-state index contributed by atoms with van der Waals surface area (Å²) in [7, 11) is 0. The number of nitrogens with one attached hydrogen (secondary N) is 1. The molecule has 0 aliphatic heterocycles. The molecule has 0 fully saturated rings. The maximum absolute atomic E-state index is 12.4. The molecule has 1 amide bonds. The van der Waals surface area contributed by atoms with Gasteiger partial charge in [0, 0.05) is 6.42 Å². The van der Waals surface area contributed by atoms with E-state index in [4.69, 9.17) is 0 Å². The van der Waals surface area contributed by atoms with Gasteiger partial charge >= 0.3 is 0 Å². The van der Waals surface area contributed by atoms with Crippen molar-refractivity contribution in [3.05, 3.63) is 72.9 Å². The number of hydrogen-bond acceptors (Lipinski definition) is 3. The molecular weight excluding hydrogens is 699 g/mol. The average molecular weight is 794 g/mol. The molecule has 4 nitrogen and oxygen atoms in total. The van der Waals surface area contributed by atoms with E-state index in [0.717, 1.165) is 64.2 Å². The van der Waals surface area contributed by atoms with Gasteiger partial charge in [-0.05, 0) is 64.2 Å². The number of carbonyl (C=O) groups excluding carboxylic acids is 1. The summed E-state index contributed by atoms with van der Waals surface area (Å²) in [5.74, 6) is -0.0348. The van der Waals surface area contributed by atoms with Crippen LogP contribution in [0.5, 0.6) is 0 Å². The van der Waals surface area contributed by atoms with Crippen molar-refractivity contribution < 1.29 is 15.0 Å². The third kappa shape index (κ3) is 44.8. The van der Waals surface area contributed by atoms with Gasteiger partial charge in [-0.15, -0.1) is 0 Å². The minimum atomic E-state index is -0.657. The minimum Gasteiger partial charge on any atom is -0.394 e. The number of aliphatic hydroxyl groups excluding tert-OH is 2. The predicted octanol–water partition coefficient (Wildman–Crippen LogP) is 15.9. The molecular formula is C53H95NO3. The predicted molar refractivity (Wildman–Crippen MR) is 253 cm³/mol. The van der Waals surface area contributed by atoms with Gasteiger partial charge in [-0.2, -0.15) is 0 Å². The standard InChI is InChI=1S/C53H95NO3/c1-3-5-7-9-11-13-14-15-16-17-18-19-20-21-22-23-24-25-26-27-28-29-30-31-32-33-34-35-36-37-38-39-40-41-43-45-47-49-53(57)54-51(50-55)52(56)48-46-44-42-12-10-8-6-4-2/h5,7,11,13,15-16,18-19,21-22,24-25,51-52,55-56H,3-4,6,8-10,12,14,17,20,23,26-50H2,1-2H3,(H,54,57)/b7-5-,13-11-,16-15-,19-18-,22-21-,25-24-. The second-order valence-electron chi connectivity index (χ2n) is 16.5. The zero-order chi connectivity index (χ0) is 41.4. The van der Waals surface area contributed by atoms with Gasteiger partial charge in [0.15, 0.2) is 0 Å². The van der Waals surface area contributed by atoms with Crippen LogP contribution in [-0.4, -0.2) is 34.9 Å². The molecule has 0 saturated carbocycles. The molecule has 0 aliphatic rings. The summed E-state index contributed by atoms with van der Waals surface area (Å²) in [6.45, 7) is 4.21. The third-order valence-electron chi connectivity index (χ3n) is 11.0. The van der Waals surface area contributed by atoms with E-state index in [1.807, 2.05) is 0 Å². The van der Waals surface area contributed by atoms with E-state index >= 15 is 0 Å². The Labute approximate surface area is 355 Å². The molecule has 330 valence electrons. The zero-order valence-corrected chi connectivity index (χ0v) is 37.8. The molecule has 57 heavy (non-hydrogen) atoms. The van der Waals surface area contributed by atoms with Gasteiger partial charge in [0.05, 0.1) is 18.8 Å². The van der Waals surface area contributed by atoms with Crippen LogP contribution in [0, 0.1) is 0 Å². The Kier molecular flexibility index (Phi) is 46.4. The molecule has 2 atom stereocenters. The first-order valence-electron chi connectivity index (χ1n) is 24.6. The summed E-state index contributed by atoms with van der Waals surface area (Å²) in [5, 5.41) is 23.0. The second kappa shape index (κ2) is 48.2. The third-order valence-corrected chi connectivity index (χ3v) is 11.0. The molecule has 0 aromatic carbocycles. The molecule has 3 N–H and O–H groups in total. The highest BCUT2D eigenvalue weighted by molar-refractivity contribution is 5.76. The van der Waals surface area contributed by atoms with Crippen LogP contribution in [0.1, 0.15) is 239 Å². The molecule has 0 aromatic rings. The monoisotopic (exact) mass is 794 g/mol. The van der Waals surface area contributed by atoms with Crippen molar-refractivity contribution in [1.82, 2.24) is 5.32 Å². The van der Waals surface area contributed by atoms with Crippen LogP contribution in [0.3, 0.4) is 0 Å². The number of unbranched alkanes of at least 4 members (excludes halogenated alkanes) is 25. The van der Waals surface area contributed by atoms with Crippen molar-refractivity contribution >= 4 is 5.91 Å². The van der Waals surface area contributed by atoms with E-state index in [1.54, 1.807) is 0 Å². The number of hydrogen-bond donors (Lipinski definition) is 3. The lowest BCUT2D eigenvalue weighted by Crippen LogP contribution is -2.45. The van der Waals surface area contributed by atoms with Crippen LogP contribution in [-0.2, 0) is 4.79 Å². The van der Waals surface area contributed by atoms with Crippen LogP contribution in [0.2, 0.25) is 0 Å². The summed E-state index contributed by atoms with van der Waals surface area (Å²) in [6.07, 6.45) is 68.8. The minimum absolute atomic E-state index is 0.0348. The first kappa shape index (κ1) is 54.8. The van der Waals surface area contributed by atoms with Crippen molar-refractivity contribution in [1.29, 1.82) is 0 Å². The maximum Gasteiger partial charge on any atom is 0.220 e. The summed E-state index contributed by atoms with van der Waals surface area (Å²) in [4.78, 5) is 12.4. The Balaban J connectivity index is 3.43. The molecule has 0 aromatic heterocycles. The van der Waals surface area contributed by atoms with Crippen molar-refractivity contribution in [3.63, 3.8) is 0 Å². The van der Waals surface area contributed by atoms with E-state index in [9.17, 15) is 15.0 Å². The maximum atomic E-state index is 12.4. The Morgan fingerprint density at radius 2 is 0.772 bits per heavy atom. The largest absolute Gasteiger partial charge is 0.394 e. The van der Waals surface area contributed by atoms with E-state index in [-0.39, 0.29) is 12.5 Å². The van der Waals surface area contributed by atoms with E-state index in [1.165, 1.54) is 148 Å². The van der Waals surface area contributed by atoms with E-state index in [0.29, 0.717) is 12.8 Å². The fourth-order valence-corrected chi connectivity index (χ4v) is 7.25. The van der Waals surface area contributed by atoms with Crippen molar-refractivity contribution in [2.45, 2.75) is 251 Å². The lowest BCUT2D eigenvalue weighted by molar-refractivity contribution is -0.123. The highest BCUT2D eigenvalue weighted by Crippen LogP contribution is 2.16. The quantitative estimate of drug-likeness (QED) is 0.0425. The summed E-state index contributed by atoms with van der Waals surface area (Å²) in [5.41, 5.74) is 0. The van der Waals surface area contributed by atoms with Crippen LogP contribution in [0.15, 0.2) is 72.9 Å². The molecule has 0 heterocycles. The van der Waals surface area contributed by atoms with Crippen LogP contribution < -0.4 is 5.32 Å². The van der Waals surface area contributed by atoms with Crippen molar-refractivity contribution in [3.8, 4) is 0 Å². The van der Waals surface area contributed by atoms with Crippen LogP contribution >= 0.6 is 0 Å². The number of rotatable bonds is 44. The van der Waals surface area contributed by atoms with Crippen LogP contribution in [0.4, 0.5) is 0 Å². The van der Waals surface area contributed by atoms with Crippen molar-refractivity contribution in [2.75, 3.05) is 6.61 Å². The SMILES string of the molecule is CC/C=C\C/C=C\C/C=C\C/C=C\C/C=C\C/C=C\CCCCCCCCCCCCCCCCCCCCC(=O)NC(CO)C(O)CCCCCCCCCC. The zero-order valence-electron chi connectivity index (χ0n) is 37.8. The van der Waals surface area contributed by atoms with Gasteiger partial charge in [-0.1, -0.05) is 241 Å². The first-order valence-corrected chi connectivity index (χ1v) is 24.6. The van der Waals surface area contributed by atoms with Gasteiger partial charge in [-0.25, -0.2) is 0 Å². The fraction of sp³-hybridized carbons (Fsp3) is 0.755. The second-order valence-corrected chi connectivity index (χ2v) is 16.5. The number of aliphatic hydroxyl groups is 2. The fourth-order valence-electron chi connectivity index (χ4n) is 7.25.